The van der Waals surface area contributed by atoms with Gasteiger partial charge < -0.3 is 0 Å². The molecule has 12 heavy (non-hydrogen) atoms. The van der Waals surface area contributed by atoms with E-state index in [1.165, 1.54) is 24.9 Å². The Hall–Kier alpha value is -0.166. The minimum absolute atomic E-state index is 0.537. The number of hydrogen-bond acceptors (Lipinski definition) is 0. The van der Waals surface area contributed by atoms with Crippen LogP contribution in [-0.4, -0.2) is 0 Å². The molecular formula is C10H9ClTi. The van der Waals surface area contributed by atoms with Crippen LogP contribution in [0.5, 0.6) is 0 Å². The first-order chi connectivity index (χ1) is 5.97. The molecule has 2 heteroatoms. The van der Waals surface area contributed by atoms with E-state index in [1.54, 1.807) is 0 Å². The fourth-order valence-corrected chi connectivity index (χ4v) is 1.27. The molecule has 0 atom stereocenters. The second kappa shape index (κ2) is 5.47. The van der Waals surface area contributed by atoms with Gasteiger partial charge in [0, 0.05) is 0 Å². The van der Waals surface area contributed by atoms with E-state index in [1.807, 2.05) is 0 Å². The monoisotopic (exact) mass is 212 g/mol. The summed E-state index contributed by atoms with van der Waals surface area (Å²) in [4.78, 5) is 0. The summed E-state index contributed by atoms with van der Waals surface area (Å²) in [5, 5.41) is 0. The van der Waals surface area contributed by atoms with Gasteiger partial charge in [-0.25, -0.2) is 6.07 Å². The van der Waals surface area contributed by atoms with Gasteiger partial charge in [0.2, 0.25) is 0 Å². The summed E-state index contributed by atoms with van der Waals surface area (Å²) in [5.41, 5.74) is 1.39. The van der Waals surface area contributed by atoms with E-state index >= 15 is 0 Å². The van der Waals surface area contributed by atoms with Crippen LogP contribution in [0, 0.1) is 0 Å². The molecule has 0 spiro atoms. The molecule has 0 fully saturated rings. The Balaban J connectivity index is 0.000000336. The maximum atomic E-state index is 4.64. The van der Waals surface area contributed by atoms with Crippen molar-refractivity contribution >= 4 is 9.30 Å². The van der Waals surface area contributed by atoms with Crippen LogP contribution in [-0.2, 0) is 19.4 Å². The summed E-state index contributed by atoms with van der Waals surface area (Å²) in [6.07, 6.45) is 8.60. The molecule has 1 aliphatic rings. The molecule has 1 aromatic carbocycles. The third kappa shape index (κ3) is 2.41. The second-order valence-electron chi connectivity index (χ2n) is 2.51. The van der Waals surface area contributed by atoms with Crippen molar-refractivity contribution in [3.05, 3.63) is 54.1 Å². The fourth-order valence-electron chi connectivity index (χ4n) is 1.27. The number of rotatable bonds is 1. The minimum atomic E-state index is 0.537. The van der Waals surface area contributed by atoms with Gasteiger partial charge in [-0.1, -0.05) is 24.3 Å². The van der Waals surface area contributed by atoms with Crippen molar-refractivity contribution in [3.8, 4) is 0 Å². The Bertz CT molecular complexity index is 247. The summed E-state index contributed by atoms with van der Waals surface area (Å²) in [6, 6.07) is 8.47. The van der Waals surface area contributed by atoms with Crippen LogP contribution in [0.25, 0.3) is 0 Å². The number of hydrogen-bond donors (Lipinski definition) is 0. The molecule has 0 saturated heterocycles. The second-order valence-corrected chi connectivity index (χ2v) is 2.51. The maximum absolute atomic E-state index is 4.64. The van der Waals surface area contributed by atoms with E-state index in [4.69, 9.17) is 0 Å². The average molecular weight is 213 g/mol. The van der Waals surface area contributed by atoms with Crippen molar-refractivity contribution in [2.75, 3.05) is 0 Å². The van der Waals surface area contributed by atoms with Crippen LogP contribution in [0.3, 0.4) is 0 Å². The van der Waals surface area contributed by atoms with Crippen molar-refractivity contribution in [2.45, 2.75) is 5.92 Å². The molecule has 2 rings (SSSR count). The van der Waals surface area contributed by atoms with Crippen LogP contribution >= 0.6 is 9.30 Å². The Kier molecular flexibility index (Phi) is 4.53. The third-order valence-corrected chi connectivity index (χ3v) is 1.82. The standard InChI is InChI=1S/C10H9.ClH.Ti/c1-2-6-9(5-1)10-7-3-4-8-10;;/h1-9H;1H;/q-1;;+2/p-1. The topological polar surface area (TPSA) is 0 Å². The molecule has 1 aliphatic carbocycles. The van der Waals surface area contributed by atoms with E-state index in [2.05, 4.69) is 57.9 Å². The zero-order valence-electron chi connectivity index (χ0n) is 6.57. The van der Waals surface area contributed by atoms with Crippen molar-refractivity contribution in [2.24, 2.45) is 0 Å². The fraction of sp³-hybridized carbons (Fsp3) is 0.100. The van der Waals surface area contributed by atoms with Gasteiger partial charge in [-0.05, 0) is 5.92 Å². The molecule has 60 valence electrons. The van der Waals surface area contributed by atoms with E-state index in [9.17, 15) is 0 Å². The van der Waals surface area contributed by atoms with Gasteiger partial charge in [0.25, 0.3) is 0 Å². The zero-order valence-corrected chi connectivity index (χ0v) is 8.89. The molecule has 0 radical (unpaired) electrons. The molecule has 0 N–H and O–H groups in total. The van der Waals surface area contributed by atoms with Gasteiger partial charge in [0.1, 0.15) is 0 Å². The van der Waals surface area contributed by atoms with Gasteiger partial charge in [-0.3, -0.25) is 0 Å². The van der Waals surface area contributed by atoms with Crippen LogP contribution < -0.4 is 0 Å². The molecule has 0 bridgehead atoms. The van der Waals surface area contributed by atoms with E-state index in [0.29, 0.717) is 5.92 Å². The first kappa shape index (κ1) is 9.92. The molecule has 0 heterocycles. The molecular weight excluding hydrogens is 203 g/mol. The Morgan fingerprint density at radius 3 is 2.42 bits per heavy atom. The normalized spacial score (nSPS) is 14.3. The number of allylic oxidation sites excluding steroid dienone is 4. The van der Waals surface area contributed by atoms with Gasteiger partial charge in [-0.2, -0.15) is 23.8 Å². The Labute approximate surface area is 88.6 Å². The third-order valence-electron chi connectivity index (χ3n) is 1.82. The average Bonchev–Trinajstić information content (AvgIpc) is 2.80. The summed E-state index contributed by atoms with van der Waals surface area (Å²) in [7, 11) is 4.64. The number of halogens is 1. The Morgan fingerprint density at radius 1 is 1.25 bits per heavy atom. The van der Waals surface area contributed by atoms with Crippen molar-refractivity contribution in [1.82, 2.24) is 0 Å². The van der Waals surface area contributed by atoms with E-state index in [0.717, 1.165) is 0 Å². The zero-order chi connectivity index (χ0) is 8.81. The van der Waals surface area contributed by atoms with Crippen LogP contribution in [0.4, 0.5) is 0 Å². The summed E-state index contributed by atoms with van der Waals surface area (Å²) < 4.78 is 0. The Morgan fingerprint density at radius 2 is 1.92 bits per heavy atom. The van der Waals surface area contributed by atoms with Gasteiger partial charge in [-0.15, -0.1) is 0 Å². The van der Waals surface area contributed by atoms with Crippen molar-refractivity contribution in [3.63, 3.8) is 0 Å². The quantitative estimate of drug-likeness (QED) is 0.495. The van der Waals surface area contributed by atoms with Crippen LogP contribution in [0.1, 0.15) is 11.5 Å². The molecule has 0 saturated carbocycles. The van der Waals surface area contributed by atoms with Crippen LogP contribution in [0.2, 0.25) is 0 Å². The molecule has 1 aromatic rings. The first-order valence-electron chi connectivity index (χ1n) is 3.72. The van der Waals surface area contributed by atoms with Crippen molar-refractivity contribution < 1.29 is 19.4 Å². The van der Waals surface area contributed by atoms with Crippen LogP contribution in [0.15, 0.2) is 48.6 Å². The van der Waals surface area contributed by atoms with E-state index < -0.39 is 0 Å². The summed E-state index contributed by atoms with van der Waals surface area (Å²) >= 11 is 1.47. The molecule has 0 nitrogen and oxygen atoms in total. The first-order valence-corrected chi connectivity index (χ1v) is 5.87. The summed E-state index contributed by atoms with van der Waals surface area (Å²) in [6.45, 7) is 0. The molecule has 0 amide bonds. The molecule has 0 unspecified atom stereocenters. The van der Waals surface area contributed by atoms with Crippen molar-refractivity contribution in [1.29, 1.82) is 0 Å². The SMILES string of the molecule is C1=CC(c2cc[cH-]c2)C=C1.[Cl][Ti+]. The predicted molar refractivity (Wildman–Crippen MR) is 48.9 cm³/mol. The molecule has 0 aliphatic heterocycles. The summed E-state index contributed by atoms with van der Waals surface area (Å²) in [5.74, 6) is 0.537. The van der Waals surface area contributed by atoms with Gasteiger partial charge in [0.05, 0.1) is 0 Å². The van der Waals surface area contributed by atoms with Gasteiger partial charge >= 0.3 is 28.7 Å². The van der Waals surface area contributed by atoms with E-state index in [-0.39, 0.29) is 0 Å². The predicted octanol–water partition coefficient (Wildman–Crippen LogP) is 3.30. The molecule has 0 aromatic heterocycles. The van der Waals surface area contributed by atoms with Gasteiger partial charge in [0.15, 0.2) is 0 Å².